The van der Waals surface area contributed by atoms with E-state index in [-0.39, 0.29) is 0 Å². The van der Waals surface area contributed by atoms with Crippen LogP contribution in [-0.2, 0) is 0 Å². The van der Waals surface area contributed by atoms with Crippen molar-refractivity contribution in [2.24, 2.45) is 11.7 Å². The number of hydrogen-bond acceptors (Lipinski definition) is 4. The largest absolute Gasteiger partial charge is 0.327 e. The van der Waals surface area contributed by atoms with Crippen molar-refractivity contribution in [1.82, 2.24) is 15.1 Å². The van der Waals surface area contributed by atoms with Crippen LogP contribution in [0, 0.1) is 5.92 Å². The summed E-state index contributed by atoms with van der Waals surface area (Å²) in [5.41, 5.74) is 6.39. The predicted molar refractivity (Wildman–Crippen MR) is 72.1 cm³/mol. The van der Waals surface area contributed by atoms with Gasteiger partial charge in [-0.15, -0.1) is 0 Å². The number of nitrogens with two attached hydrogens (primary N) is 1. The van der Waals surface area contributed by atoms with Gasteiger partial charge in [-0.25, -0.2) is 0 Å². The average Bonchev–Trinajstić information content (AvgIpc) is 2.29. The van der Waals surface area contributed by atoms with Crippen molar-refractivity contribution in [3.63, 3.8) is 0 Å². The number of nitrogens with one attached hydrogen (secondary N) is 1. The average molecular weight is 240 g/mol. The van der Waals surface area contributed by atoms with Crippen LogP contribution in [0.4, 0.5) is 0 Å². The number of piperidine rings is 1. The molecule has 0 saturated carbocycles. The molecule has 2 heterocycles. The van der Waals surface area contributed by atoms with Crippen LogP contribution in [0.2, 0.25) is 0 Å². The van der Waals surface area contributed by atoms with Gasteiger partial charge in [0.2, 0.25) is 0 Å². The molecular weight excluding hydrogens is 212 g/mol. The number of rotatable bonds is 3. The first-order valence-corrected chi connectivity index (χ1v) is 7.01. The van der Waals surface area contributed by atoms with Gasteiger partial charge in [-0.2, -0.15) is 0 Å². The topological polar surface area (TPSA) is 44.5 Å². The zero-order chi connectivity index (χ0) is 12.3. The van der Waals surface area contributed by atoms with E-state index >= 15 is 0 Å². The lowest BCUT2D eigenvalue weighted by atomic mass is 9.86. The summed E-state index contributed by atoms with van der Waals surface area (Å²) in [5.74, 6) is 0.736. The van der Waals surface area contributed by atoms with Crippen molar-refractivity contribution >= 4 is 0 Å². The van der Waals surface area contributed by atoms with Crippen LogP contribution in [-0.4, -0.2) is 68.7 Å². The number of piperazine rings is 1. The fourth-order valence-corrected chi connectivity index (χ4v) is 3.13. The molecule has 0 aliphatic carbocycles. The molecule has 2 fully saturated rings. The molecular formula is C13H28N4. The van der Waals surface area contributed by atoms with E-state index in [0.717, 1.165) is 25.4 Å². The highest BCUT2D eigenvalue weighted by Crippen LogP contribution is 2.21. The summed E-state index contributed by atoms with van der Waals surface area (Å²) in [7, 11) is 4.41. The van der Waals surface area contributed by atoms with Gasteiger partial charge in [-0.05, 0) is 52.4 Å². The van der Waals surface area contributed by atoms with Crippen molar-refractivity contribution in [1.29, 1.82) is 0 Å². The van der Waals surface area contributed by atoms with Crippen LogP contribution in [0.1, 0.15) is 19.3 Å². The van der Waals surface area contributed by atoms with Crippen LogP contribution in [0.5, 0.6) is 0 Å². The Kier molecular flexibility index (Phi) is 4.79. The third kappa shape index (κ3) is 3.91. The lowest BCUT2D eigenvalue weighted by Crippen LogP contribution is -2.52. The van der Waals surface area contributed by atoms with Gasteiger partial charge in [-0.3, -0.25) is 0 Å². The molecule has 2 unspecified atom stereocenters. The van der Waals surface area contributed by atoms with Gasteiger partial charge < -0.3 is 20.9 Å². The van der Waals surface area contributed by atoms with E-state index in [0.29, 0.717) is 12.1 Å². The summed E-state index contributed by atoms with van der Waals surface area (Å²) in [6.45, 7) is 5.87. The third-order valence-electron chi connectivity index (χ3n) is 4.38. The molecule has 17 heavy (non-hydrogen) atoms. The fourth-order valence-electron chi connectivity index (χ4n) is 3.13. The van der Waals surface area contributed by atoms with Crippen molar-refractivity contribution in [3.05, 3.63) is 0 Å². The molecule has 0 aromatic heterocycles. The van der Waals surface area contributed by atoms with Gasteiger partial charge in [0, 0.05) is 31.7 Å². The molecule has 0 aromatic carbocycles. The number of likely N-dealkylation sites (tertiary alicyclic amines) is 1. The Morgan fingerprint density at radius 2 is 1.88 bits per heavy atom. The maximum Gasteiger partial charge on any atom is 0.0210 e. The summed E-state index contributed by atoms with van der Waals surface area (Å²) in [4.78, 5) is 4.82. The first-order valence-electron chi connectivity index (χ1n) is 7.01. The van der Waals surface area contributed by atoms with E-state index in [1.54, 1.807) is 0 Å². The summed E-state index contributed by atoms with van der Waals surface area (Å²) >= 11 is 0. The second-order valence-corrected chi connectivity index (χ2v) is 5.95. The van der Waals surface area contributed by atoms with E-state index < -0.39 is 0 Å². The quantitative estimate of drug-likeness (QED) is 0.726. The zero-order valence-corrected chi connectivity index (χ0v) is 11.4. The Morgan fingerprint density at radius 3 is 2.53 bits per heavy atom. The molecule has 4 nitrogen and oxygen atoms in total. The molecule has 2 rings (SSSR count). The predicted octanol–water partition coefficient (Wildman–Crippen LogP) is -0.0508. The molecule has 0 radical (unpaired) electrons. The standard InChI is InChI=1S/C13H28N4/c1-16-6-3-11(4-7-16)13(14)9-12-10-17(2)8-5-15-12/h11-13,15H,3-10,14H2,1-2H3. The van der Waals surface area contributed by atoms with Gasteiger partial charge in [0.25, 0.3) is 0 Å². The molecule has 2 saturated heterocycles. The Labute approximate surface area is 106 Å². The number of nitrogens with zero attached hydrogens (tertiary/aromatic N) is 2. The molecule has 0 aromatic rings. The van der Waals surface area contributed by atoms with Crippen LogP contribution in [0.15, 0.2) is 0 Å². The second-order valence-electron chi connectivity index (χ2n) is 5.95. The van der Waals surface area contributed by atoms with Crippen molar-refractivity contribution in [2.75, 3.05) is 46.8 Å². The van der Waals surface area contributed by atoms with Gasteiger partial charge in [-0.1, -0.05) is 0 Å². The van der Waals surface area contributed by atoms with E-state index in [1.807, 2.05) is 0 Å². The minimum absolute atomic E-state index is 0.382. The van der Waals surface area contributed by atoms with Crippen molar-refractivity contribution < 1.29 is 0 Å². The van der Waals surface area contributed by atoms with E-state index in [2.05, 4.69) is 29.2 Å². The molecule has 4 heteroatoms. The highest BCUT2D eigenvalue weighted by molar-refractivity contribution is 4.85. The molecule has 0 amide bonds. The third-order valence-corrected chi connectivity index (χ3v) is 4.38. The van der Waals surface area contributed by atoms with E-state index in [1.165, 1.54) is 32.5 Å². The monoisotopic (exact) mass is 240 g/mol. The van der Waals surface area contributed by atoms with Gasteiger partial charge in [0.05, 0.1) is 0 Å². The van der Waals surface area contributed by atoms with E-state index in [4.69, 9.17) is 5.73 Å². The highest BCUT2D eigenvalue weighted by Gasteiger charge is 2.26. The Bertz CT molecular complexity index is 225. The minimum atomic E-state index is 0.382. The van der Waals surface area contributed by atoms with Crippen LogP contribution >= 0.6 is 0 Å². The number of hydrogen-bond donors (Lipinski definition) is 2. The smallest absolute Gasteiger partial charge is 0.0210 e. The maximum absolute atomic E-state index is 6.39. The lowest BCUT2D eigenvalue weighted by Gasteiger charge is -2.36. The molecule has 2 aliphatic rings. The molecule has 2 atom stereocenters. The zero-order valence-electron chi connectivity index (χ0n) is 11.4. The lowest BCUT2D eigenvalue weighted by molar-refractivity contribution is 0.173. The fraction of sp³-hybridized carbons (Fsp3) is 1.00. The van der Waals surface area contributed by atoms with Gasteiger partial charge >= 0.3 is 0 Å². The van der Waals surface area contributed by atoms with E-state index in [9.17, 15) is 0 Å². The van der Waals surface area contributed by atoms with Gasteiger partial charge in [0.15, 0.2) is 0 Å². The van der Waals surface area contributed by atoms with Gasteiger partial charge in [0.1, 0.15) is 0 Å². The molecule has 0 bridgehead atoms. The summed E-state index contributed by atoms with van der Waals surface area (Å²) in [6, 6.07) is 0.983. The van der Waals surface area contributed by atoms with Crippen molar-refractivity contribution in [2.45, 2.75) is 31.3 Å². The maximum atomic E-state index is 6.39. The molecule has 0 spiro atoms. The highest BCUT2D eigenvalue weighted by atomic mass is 15.2. The summed E-state index contributed by atoms with van der Waals surface area (Å²) < 4.78 is 0. The van der Waals surface area contributed by atoms with Crippen LogP contribution < -0.4 is 11.1 Å². The summed E-state index contributed by atoms with van der Waals surface area (Å²) in [6.07, 6.45) is 3.69. The first kappa shape index (κ1) is 13.3. The Hall–Kier alpha value is -0.160. The Balaban J connectivity index is 1.74. The molecule has 100 valence electrons. The summed E-state index contributed by atoms with van der Waals surface area (Å²) in [5, 5.41) is 3.60. The Morgan fingerprint density at radius 1 is 1.18 bits per heavy atom. The molecule has 2 aliphatic heterocycles. The number of likely N-dealkylation sites (N-methyl/N-ethyl adjacent to an activating group) is 1. The molecule has 3 N–H and O–H groups in total. The normalized spacial score (nSPS) is 31.6. The van der Waals surface area contributed by atoms with Crippen LogP contribution in [0.25, 0.3) is 0 Å². The SMILES string of the molecule is CN1CCC(C(N)CC2CN(C)CCN2)CC1. The van der Waals surface area contributed by atoms with Crippen LogP contribution in [0.3, 0.4) is 0 Å². The van der Waals surface area contributed by atoms with Crippen molar-refractivity contribution in [3.8, 4) is 0 Å². The minimum Gasteiger partial charge on any atom is -0.327 e. The second kappa shape index (κ2) is 6.14. The first-order chi connectivity index (χ1) is 8.15.